The van der Waals surface area contributed by atoms with Crippen LogP contribution in [-0.4, -0.2) is 14.8 Å². The molecular formula is C13H14ClF2N3. The van der Waals surface area contributed by atoms with E-state index < -0.39 is 11.6 Å². The highest BCUT2D eigenvalue weighted by Gasteiger charge is 2.23. The molecule has 0 aliphatic rings. The first-order valence-electron chi connectivity index (χ1n) is 5.82. The van der Waals surface area contributed by atoms with Crippen molar-refractivity contribution in [2.45, 2.75) is 32.7 Å². The topological polar surface area (TPSA) is 30.7 Å². The summed E-state index contributed by atoms with van der Waals surface area (Å²) in [5.41, 5.74) is 0.0741. The van der Waals surface area contributed by atoms with Gasteiger partial charge in [-0.1, -0.05) is 26.8 Å². The van der Waals surface area contributed by atoms with Gasteiger partial charge in [-0.3, -0.25) is 4.57 Å². The van der Waals surface area contributed by atoms with Crippen LogP contribution in [0, 0.1) is 11.6 Å². The molecule has 0 radical (unpaired) electrons. The Kier molecular flexibility index (Phi) is 3.58. The number of hydrogen-bond acceptors (Lipinski definition) is 2. The minimum atomic E-state index is -0.607. The van der Waals surface area contributed by atoms with Crippen LogP contribution >= 0.6 is 11.6 Å². The lowest BCUT2D eigenvalue weighted by molar-refractivity contribution is 0.502. The predicted octanol–water partition coefficient (Wildman–Crippen LogP) is 3.56. The molecule has 0 amide bonds. The van der Waals surface area contributed by atoms with E-state index in [1.807, 2.05) is 20.8 Å². The van der Waals surface area contributed by atoms with Gasteiger partial charge in [0.15, 0.2) is 0 Å². The van der Waals surface area contributed by atoms with Gasteiger partial charge < -0.3 is 0 Å². The number of hydrogen-bond donors (Lipinski definition) is 0. The van der Waals surface area contributed by atoms with Crippen molar-refractivity contribution >= 4 is 11.6 Å². The summed E-state index contributed by atoms with van der Waals surface area (Å²) in [7, 11) is 0. The Bertz CT molecular complexity index is 602. The summed E-state index contributed by atoms with van der Waals surface area (Å²) in [6.45, 7) is 6.06. The van der Waals surface area contributed by atoms with E-state index in [1.54, 1.807) is 4.57 Å². The maximum absolute atomic E-state index is 13.7. The van der Waals surface area contributed by atoms with Gasteiger partial charge in [0.1, 0.15) is 17.5 Å². The molecule has 19 heavy (non-hydrogen) atoms. The molecule has 0 N–H and O–H groups in total. The molecule has 1 aromatic carbocycles. The standard InChI is InChI=1S/C13H14ClF2N3/c1-13(2,3)11-17-18-12(14)19(11)7-8-4-5-9(15)6-10(8)16/h4-6H,7H2,1-3H3. The quantitative estimate of drug-likeness (QED) is 0.845. The maximum atomic E-state index is 13.7. The van der Waals surface area contributed by atoms with Crippen LogP contribution in [-0.2, 0) is 12.0 Å². The molecule has 1 heterocycles. The van der Waals surface area contributed by atoms with E-state index in [-0.39, 0.29) is 17.2 Å². The summed E-state index contributed by atoms with van der Waals surface area (Å²) in [4.78, 5) is 0. The highest BCUT2D eigenvalue weighted by atomic mass is 35.5. The molecule has 2 rings (SSSR count). The van der Waals surface area contributed by atoms with Crippen molar-refractivity contribution in [3.8, 4) is 0 Å². The lowest BCUT2D eigenvalue weighted by Gasteiger charge is -2.19. The van der Waals surface area contributed by atoms with Crippen LogP contribution in [0.2, 0.25) is 5.28 Å². The Morgan fingerprint density at radius 2 is 1.89 bits per heavy atom. The van der Waals surface area contributed by atoms with E-state index in [9.17, 15) is 8.78 Å². The third-order valence-corrected chi connectivity index (χ3v) is 3.00. The SMILES string of the molecule is CC(C)(C)c1nnc(Cl)n1Cc1ccc(F)cc1F. The lowest BCUT2D eigenvalue weighted by Crippen LogP contribution is -2.20. The maximum Gasteiger partial charge on any atom is 0.225 e. The number of rotatable bonds is 2. The number of nitrogens with zero attached hydrogens (tertiary/aromatic N) is 3. The molecular weight excluding hydrogens is 272 g/mol. The van der Waals surface area contributed by atoms with Gasteiger partial charge in [0, 0.05) is 17.0 Å². The van der Waals surface area contributed by atoms with Gasteiger partial charge >= 0.3 is 0 Å². The molecule has 1 aromatic heterocycles. The van der Waals surface area contributed by atoms with Crippen molar-refractivity contribution < 1.29 is 8.78 Å². The zero-order valence-electron chi connectivity index (χ0n) is 10.9. The Morgan fingerprint density at radius 3 is 2.47 bits per heavy atom. The second kappa shape index (κ2) is 4.89. The molecule has 2 aromatic rings. The van der Waals surface area contributed by atoms with Gasteiger partial charge in [0.05, 0.1) is 6.54 Å². The molecule has 0 aliphatic heterocycles. The molecule has 0 atom stereocenters. The van der Waals surface area contributed by atoms with E-state index in [1.165, 1.54) is 12.1 Å². The van der Waals surface area contributed by atoms with Crippen LogP contribution in [0.15, 0.2) is 18.2 Å². The number of aromatic nitrogens is 3. The first-order chi connectivity index (χ1) is 8.79. The van der Waals surface area contributed by atoms with Crippen molar-refractivity contribution in [3.05, 3.63) is 46.5 Å². The van der Waals surface area contributed by atoms with Crippen LogP contribution in [0.5, 0.6) is 0 Å². The van der Waals surface area contributed by atoms with E-state index >= 15 is 0 Å². The molecule has 0 spiro atoms. The summed E-state index contributed by atoms with van der Waals surface area (Å²) in [6, 6.07) is 3.46. The predicted molar refractivity (Wildman–Crippen MR) is 69.2 cm³/mol. The van der Waals surface area contributed by atoms with Crippen LogP contribution in [0.3, 0.4) is 0 Å². The van der Waals surface area contributed by atoms with Gasteiger partial charge in [-0.25, -0.2) is 8.78 Å². The van der Waals surface area contributed by atoms with Gasteiger partial charge in [0.2, 0.25) is 5.28 Å². The highest BCUT2D eigenvalue weighted by molar-refractivity contribution is 6.28. The minimum absolute atomic E-state index is 0.171. The van der Waals surface area contributed by atoms with Crippen molar-refractivity contribution in [3.63, 3.8) is 0 Å². The fraction of sp³-hybridized carbons (Fsp3) is 0.385. The van der Waals surface area contributed by atoms with Gasteiger partial charge in [0.25, 0.3) is 0 Å². The third-order valence-electron chi connectivity index (χ3n) is 2.72. The average molecular weight is 286 g/mol. The van der Waals surface area contributed by atoms with Crippen LogP contribution in [0.1, 0.15) is 32.2 Å². The van der Waals surface area contributed by atoms with Crippen molar-refractivity contribution in [1.29, 1.82) is 0 Å². The van der Waals surface area contributed by atoms with Crippen molar-refractivity contribution in [2.75, 3.05) is 0 Å². The van der Waals surface area contributed by atoms with Crippen LogP contribution in [0.25, 0.3) is 0 Å². The Balaban J connectivity index is 2.41. The Labute approximate surface area is 115 Å². The smallest absolute Gasteiger partial charge is 0.225 e. The molecule has 0 fully saturated rings. The van der Waals surface area contributed by atoms with Crippen molar-refractivity contribution in [1.82, 2.24) is 14.8 Å². The zero-order chi connectivity index (χ0) is 14.2. The van der Waals surface area contributed by atoms with Gasteiger partial charge in [-0.05, 0) is 17.7 Å². The fourth-order valence-electron chi connectivity index (χ4n) is 1.80. The molecule has 0 aliphatic carbocycles. The second-order valence-corrected chi connectivity index (χ2v) is 5.70. The summed E-state index contributed by atoms with van der Waals surface area (Å²) < 4.78 is 28.2. The van der Waals surface area contributed by atoms with Gasteiger partial charge in [-0.15, -0.1) is 10.2 Å². The zero-order valence-corrected chi connectivity index (χ0v) is 11.7. The Morgan fingerprint density at radius 1 is 1.21 bits per heavy atom. The van der Waals surface area contributed by atoms with Crippen LogP contribution < -0.4 is 0 Å². The normalized spacial score (nSPS) is 11.9. The minimum Gasteiger partial charge on any atom is -0.297 e. The van der Waals surface area contributed by atoms with Gasteiger partial charge in [-0.2, -0.15) is 0 Å². The average Bonchev–Trinajstić information content (AvgIpc) is 2.64. The molecule has 102 valence electrons. The fourth-order valence-corrected chi connectivity index (χ4v) is 1.98. The second-order valence-electron chi connectivity index (χ2n) is 5.36. The molecule has 3 nitrogen and oxygen atoms in total. The number of halogens is 3. The molecule has 0 bridgehead atoms. The number of benzene rings is 1. The summed E-state index contributed by atoms with van der Waals surface area (Å²) >= 11 is 5.98. The van der Waals surface area contributed by atoms with Crippen molar-refractivity contribution in [2.24, 2.45) is 0 Å². The molecule has 0 saturated heterocycles. The van der Waals surface area contributed by atoms with E-state index in [2.05, 4.69) is 10.2 Å². The summed E-state index contributed by atoms with van der Waals surface area (Å²) in [6.07, 6.45) is 0. The van der Waals surface area contributed by atoms with E-state index in [0.29, 0.717) is 11.4 Å². The Hall–Kier alpha value is -1.49. The summed E-state index contributed by atoms with van der Waals surface area (Å²) in [5.74, 6) is -0.557. The monoisotopic (exact) mass is 285 g/mol. The molecule has 0 saturated carbocycles. The first kappa shape index (κ1) is 13.9. The highest BCUT2D eigenvalue weighted by Crippen LogP contribution is 2.24. The third kappa shape index (κ3) is 2.92. The largest absolute Gasteiger partial charge is 0.297 e. The first-order valence-corrected chi connectivity index (χ1v) is 6.20. The van der Waals surface area contributed by atoms with E-state index in [0.717, 1.165) is 6.07 Å². The summed E-state index contributed by atoms with van der Waals surface area (Å²) in [5, 5.41) is 8.01. The molecule has 6 heteroatoms. The van der Waals surface area contributed by atoms with E-state index in [4.69, 9.17) is 11.6 Å². The molecule has 0 unspecified atom stereocenters. The lowest BCUT2D eigenvalue weighted by atomic mass is 9.95. The van der Waals surface area contributed by atoms with Crippen LogP contribution in [0.4, 0.5) is 8.78 Å².